The number of carbonyl (C=O) groups is 1. The van der Waals surface area contributed by atoms with E-state index in [1.54, 1.807) is 23.6 Å². The smallest absolute Gasteiger partial charge is 0.269 e. The Hall–Kier alpha value is -3.68. The zero-order valence-corrected chi connectivity index (χ0v) is 17.0. The molecule has 3 heterocycles. The van der Waals surface area contributed by atoms with E-state index < -0.39 is 35.4 Å². The Balaban J connectivity index is 1.60. The van der Waals surface area contributed by atoms with Crippen molar-refractivity contribution in [2.24, 2.45) is 0 Å². The average molecular weight is 444 g/mol. The summed E-state index contributed by atoms with van der Waals surface area (Å²) in [5.41, 5.74) is 7.65. The number of benzene rings is 1. The molecular weight excluding hydrogens is 422 g/mol. The number of likely N-dealkylation sites (N-methyl/N-ethyl adjacent to an activating group) is 1. The monoisotopic (exact) mass is 444 g/mol. The fourth-order valence-electron chi connectivity index (χ4n) is 3.60. The van der Waals surface area contributed by atoms with Crippen molar-refractivity contribution in [2.75, 3.05) is 12.3 Å². The highest BCUT2D eigenvalue weighted by molar-refractivity contribution is 5.82. The number of nitrogen functional groups attached to an aromatic ring is 1. The van der Waals surface area contributed by atoms with E-state index in [1.807, 2.05) is 0 Å². The Kier molecular flexibility index (Phi) is 5.69. The molecule has 1 saturated heterocycles. The molecule has 1 amide bonds. The highest BCUT2D eigenvalue weighted by atomic mass is 16.6. The predicted octanol–water partition coefficient (Wildman–Crippen LogP) is -0.987. The van der Waals surface area contributed by atoms with E-state index in [0.717, 1.165) is 5.56 Å². The molecule has 4 atom stereocenters. The third-order valence-electron chi connectivity index (χ3n) is 5.26. The van der Waals surface area contributed by atoms with Crippen LogP contribution in [0.4, 0.5) is 11.5 Å². The fraction of sp³-hybridized carbons (Fsp3) is 0.368. The van der Waals surface area contributed by atoms with Crippen LogP contribution in [-0.2, 0) is 16.1 Å². The molecule has 4 unspecified atom stereocenters. The molecule has 1 fully saturated rings. The molecule has 168 valence electrons. The summed E-state index contributed by atoms with van der Waals surface area (Å²) in [6.07, 6.45) is -2.28. The number of hydrogen-bond donors (Lipinski definition) is 4. The number of hydrogen-bond acceptors (Lipinski definition) is 9. The topological polar surface area (TPSA) is 183 Å². The predicted molar refractivity (Wildman–Crippen MR) is 109 cm³/mol. The number of nitrogens with zero attached hydrogens (tertiary/aromatic N) is 5. The average Bonchev–Trinajstić information content (AvgIpc) is 3.32. The number of nitro benzene ring substituents is 1. The van der Waals surface area contributed by atoms with Gasteiger partial charge in [0.05, 0.1) is 11.5 Å². The zero-order valence-electron chi connectivity index (χ0n) is 17.0. The molecule has 0 spiro atoms. The van der Waals surface area contributed by atoms with Crippen LogP contribution in [0.15, 0.2) is 36.9 Å². The lowest BCUT2D eigenvalue weighted by atomic mass is 10.1. The molecule has 5 N–H and O–H groups in total. The summed E-state index contributed by atoms with van der Waals surface area (Å²) in [6, 6.07) is 6.06. The molecule has 4 rings (SSSR count). The number of anilines is 1. The molecule has 13 heteroatoms. The van der Waals surface area contributed by atoms with Gasteiger partial charge in [0.15, 0.2) is 17.8 Å². The number of ether oxygens (including phenoxy) is 1. The van der Waals surface area contributed by atoms with Crippen molar-refractivity contribution in [2.45, 2.75) is 38.0 Å². The van der Waals surface area contributed by atoms with Gasteiger partial charge in [-0.05, 0) is 24.6 Å². The van der Waals surface area contributed by atoms with Crippen molar-refractivity contribution in [1.29, 1.82) is 0 Å². The van der Waals surface area contributed by atoms with Gasteiger partial charge in [0.25, 0.3) is 17.4 Å². The number of non-ortho nitro benzene ring substituents is 1. The van der Waals surface area contributed by atoms with Gasteiger partial charge < -0.3 is 26.0 Å². The molecule has 3 aromatic rings. The van der Waals surface area contributed by atoms with E-state index in [0.29, 0.717) is 24.3 Å². The number of fused-ring (bicyclic) bond motifs is 1. The fourth-order valence-corrected chi connectivity index (χ4v) is 3.60. The van der Waals surface area contributed by atoms with Gasteiger partial charge in [-0.2, -0.15) is 0 Å². The summed E-state index contributed by atoms with van der Waals surface area (Å²) in [5, 5.41) is 34.1. The van der Waals surface area contributed by atoms with Gasteiger partial charge in [0, 0.05) is 18.7 Å². The van der Waals surface area contributed by atoms with Gasteiger partial charge in [0.1, 0.15) is 18.5 Å². The Bertz CT molecular complexity index is 1160. The number of nitrogens with one attached hydrogen (secondary N) is 1. The number of nitro groups is 1. The lowest BCUT2D eigenvalue weighted by Crippen LogP contribution is -2.42. The summed E-state index contributed by atoms with van der Waals surface area (Å²) < 4.78 is 8.65. The highest BCUT2D eigenvalue weighted by Crippen LogP contribution is 2.32. The minimum atomic E-state index is -1.42. The highest BCUT2D eigenvalue weighted by Gasteiger charge is 2.48. The van der Waals surface area contributed by atoms with Crippen LogP contribution < -0.4 is 15.6 Å². The van der Waals surface area contributed by atoms with Crippen LogP contribution in [0.5, 0.6) is 0 Å². The van der Waals surface area contributed by atoms with Crippen molar-refractivity contribution in [3.8, 4) is 0 Å². The van der Waals surface area contributed by atoms with Crippen molar-refractivity contribution < 1.29 is 29.2 Å². The van der Waals surface area contributed by atoms with Crippen molar-refractivity contribution >= 4 is 28.6 Å². The maximum absolute atomic E-state index is 12.1. The summed E-state index contributed by atoms with van der Waals surface area (Å²) in [5.74, 6) is -0.250. The molecule has 1 aromatic carbocycles. The third kappa shape index (κ3) is 3.72. The van der Waals surface area contributed by atoms with Gasteiger partial charge >= 0.3 is 0 Å². The minimum absolute atomic E-state index is 0.0118. The molecule has 0 saturated carbocycles. The van der Waals surface area contributed by atoms with E-state index in [-0.39, 0.29) is 11.5 Å². The van der Waals surface area contributed by atoms with E-state index in [2.05, 4.69) is 15.3 Å². The summed E-state index contributed by atoms with van der Waals surface area (Å²) in [7, 11) is 0. The van der Waals surface area contributed by atoms with Crippen molar-refractivity contribution in [1.82, 2.24) is 19.9 Å². The second-order valence-corrected chi connectivity index (χ2v) is 7.33. The number of aromatic nitrogens is 4. The summed E-state index contributed by atoms with van der Waals surface area (Å²) >= 11 is 0. The second-order valence-electron chi connectivity index (χ2n) is 7.33. The number of imidazole rings is 1. The molecule has 0 aliphatic carbocycles. The normalized spacial score (nSPS) is 22.8. The Morgan fingerprint density at radius 3 is 2.69 bits per heavy atom. The number of aliphatic hydroxyl groups excluding tert-OH is 2. The molecule has 1 aliphatic rings. The quantitative estimate of drug-likeness (QED) is 0.211. The first-order valence-corrected chi connectivity index (χ1v) is 9.85. The minimum Gasteiger partial charge on any atom is -0.387 e. The SMILES string of the molecule is CCNC(=O)C1OC(n2cnc3c(N)[n+](Cc4ccc([N+](=O)[O-])cc4)cnc32)C(O)C1O. The van der Waals surface area contributed by atoms with Crippen LogP contribution in [0.25, 0.3) is 11.2 Å². The van der Waals surface area contributed by atoms with E-state index in [9.17, 15) is 25.1 Å². The van der Waals surface area contributed by atoms with E-state index >= 15 is 0 Å². The van der Waals surface area contributed by atoms with Crippen LogP contribution in [0.2, 0.25) is 0 Å². The summed E-state index contributed by atoms with van der Waals surface area (Å²) in [4.78, 5) is 31.1. The molecular formula is C19H22N7O6+. The Morgan fingerprint density at radius 2 is 2.03 bits per heavy atom. The van der Waals surface area contributed by atoms with Gasteiger partial charge in [-0.3, -0.25) is 19.5 Å². The van der Waals surface area contributed by atoms with Crippen LogP contribution in [-0.4, -0.2) is 60.4 Å². The molecule has 0 radical (unpaired) electrons. The Labute approximate surface area is 181 Å². The number of aliphatic hydroxyl groups is 2. The van der Waals surface area contributed by atoms with Crippen molar-refractivity contribution in [3.05, 3.63) is 52.6 Å². The molecule has 1 aliphatic heterocycles. The second kappa shape index (κ2) is 8.45. The first-order chi connectivity index (χ1) is 15.3. The molecule has 2 aromatic heterocycles. The zero-order chi connectivity index (χ0) is 23.0. The van der Waals surface area contributed by atoms with Crippen molar-refractivity contribution in [3.63, 3.8) is 0 Å². The number of carbonyl (C=O) groups excluding carboxylic acids is 1. The number of nitrogens with two attached hydrogens (primary N) is 1. The Morgan fingerprint density at radius 1 is 1.31 bits per heavy atom. The largest absolute Gasteiger partial charge is 0.387 e. The van der Waals surface area contributed by atoms with Gasteiger partial charge in [0.2, 0.25) is 12.0 Å². The first kappa shape index (κ1) is 21.5. The molecule has 13 nitrogen and oxygen atoms in total. The lowest BCUT2D eigenvalue weighted by Gasteiger charge is -2.15. The lowest BCUT2D eigenvalue weighted by molar-refractivity contribution is -0.675. The van der Waals surface area contributed by atoms with E-state index in [4.69, 9.17) is 10.5 Å². The van der Waals surface area contributed by atoms with Gasteiger partial charge in [-0.1, -0.05) is 4.98 Å². The first-order valence-electron chi connectivity index (χ1n) is 9.85. The van der Waals surface area contributed by atoms with Gasteiger partial charge in [-0.15, -0.1) is 0 Å². The summed E-state index contributed by atoms with van der Waals surface area (Å²) in [6.45, 7) is 2.39. The van der Waals surface area contributed by atoms with Crippen LogP contribution in [0, 0.1) is 10.1 Å². The van der Waals surface area contributed by atoms with Crippen LogP contribution in [0.3, 0.4) is 0 Å². The number of rotatable bonds is 6. The molecule has 0 bridgehead atoms. The third-order valence-corrected chi connectivity index (χ3v) is 5.26. The standard InChI is InChI=1S/C19H21N7O6/c1-2-21-18(29)15-13(27)14(28)19(32-15)25-9-22-12-16(20)24(8-23-17(12)25)7-10-3-5-11(6-4-10)26(30)31/h3-6,8-9,13-15,19-20,27-28H,2,7H2,1H3,(H,21,29)/p+1. The van der Waals surface area contributed by atoms with Gasteiger partial charge in [-0.25, -0.2) is 9.55 Å². The maximum atomic E-state index is 12.1. The van der Waals surface area contributed by atoms with E-state index in [1.165, 1.54) is 29.4 Å². The maximum Gasteiger partial charge on any atom is 0.269 e. The van der Waals surface area contributed by atoms with Crippen LogP contribution in [0.1, 0.15) is 18.7 Å². The molecule has 32 heavy (non-hydrogen) atoms. The van der Waals surface area contributed by atoms with Crippen LogP contribution >= 0.6 is 0 Å². The number of amides is 1.